The smallest absolute Gasteiger partial charge is 0.260 e. The first-order chi connectivity index (χ1) is 9.33. The molecule has 1 aliphatic rings. The maximum Gasteiger partial charge on any atom is 0.260 e. The molecule has 0 amide bonds. The fraction of sp³-hybridized carbons (Fsp3) is 0.538. The highest BCUT2D eigenvalue weighted by atomic mass is 32.2. The molecule has 2 N–H and O–H groups in total. The van der Waals surface area contributed by atoms with Crippen LogP contribution in [-0.2, 0) is 5.75 Å². The van der Waals surface area contributed by atoms with Crippen LogP contribution in [-0.4, -0.2) is 15.4 Å². The first-order valence-corrected chi connectivity index (χ1v) is 8.53. The van der Waals surface area contributed by atoms with Crippen LogP contribution in [0.2, 0.25) is 0 Å². The van der Waals surface area contributed by atoms with Crippen LogP contribution in [0.25, 0.3) is 11.5 Å². The number of thiophene rings is 1. The average Bonchev–Trinajstić information content (AvgIpc) is 3.06. The van der Waals surface area contributed by atoms with E-state index in [4.69, 9.17) is 10.3 Å². The molecular formula is C13H17N3OS2. The lowest BCUT2D eigenvalue weighted by Gasteiger charge is -2.19. The Kier molecular flexibility index (Phi) is 4.08. The normalized spacial score (nSPS) is 16.8. The molecule has 0 bridgehead atoms. The van der Waals surface area contributed by atoms with Crippen LogP contribution in [0.3, 0.4) is 0 Å². The number of aromatic nitrogens is 2. The summed E-state index contributed by atoms with van der Waals surface area (Å²) in [7, 11) is 0. The van der Waals surface area contributed by atoms with Crippen molar-refractivity contribution in [2.75, 3.05) is 5.73 Å². The van der Waals surface area contributed by atoms with Crippen LogP contribution in [0.15, 0.2) is 16.0 Å². The molecule has 4 nitrogen and oxygen atoms in total. The Morgan fingerprint density at radius 3 is 2.95 bits per heavy atom. The molecule has 0 unspecified atom stereocenters. The van der Waals surface area contributed by atoms with Crippen LogP contribution < -0.4 is 5.73 Å². The first-order valence-electron chi connectivity index (χ1n) is 6.60. The minimum absolute atomic E-state index is 0.540. The highest BCUT2D eigenvalue weighted by molar-refractivity contribution is 7.99. The van der Waals surface area contributed by atoms with Crippen molar-refractivity contribution in [1.82, 2.24) is 10.1 Å². The van der Waals surface area contributed by atoms with Crippen molar-refractivity contribution in [2.24, 2.45) is 0 Å². The fourth-order valence-electron chi connectivity index (χ4n) is 2.34. The van der Waals surface area contributed by atoms with Crippen molar-refractivity contribution in [3.63, 3.8) is 0 Å². The molecule has 102 valence electrons. The topological polar surface area (TPSA) is 64.9 Å². The number of hydrogen-bond acceptors (Lipinski definition) is 6. The largest absolute Gasteiger partial charge is 0.390 e. The van der Waals surface area contributed by atoms with Crippen LogP contribution in [0.4, 0.5) is 5.00 Å². The monoisotopic (exact) mass is 295 g/mol. The summed E-state index contributed by atoms with van der Waals surface area (Å²) in [6.07, 6.45) is 6.77. The molecule has 6 heteroatoms. The van der Waals surface area contributed by atoms with Gasteiger partial charge in [0.2, 0.25) is 0 Å². The average molecular weight is 295 g/mol. The summed E-state index contributed by atoms with van der Waals surface area (Å²) in [4.78, 5) is 4.43. The molecule has 2 aromatic heterocycles. The van der Waals surface area contributed by atoms with E-state index in [1.807, 2.05) is 23.2 Å². The molecular weight excluding hydrogens is 278 g/mol. The van der Waals surface area contributed by atoms with E-state index in [1.165, 1.54) is 43.4 Å². The minimum Gasteiger partial charge on any atom is -0.390 e. The second-order valence-corrected chi connectivity index (χ2v) is 7.02. The molecule has 2 heterocycles. The molecule has 0 aliphatic heterocycles. The van der Waals surface area contributed by atoms with E-state index in [9.17, 15) is 0 Å². The highest BCUT2D eigenvalue weighted by Crippen LogP contribution is 2.32. The zero-order chi connectivity index (χ0) is 13.1. The molecule has 0 saturated heterocycles. The zero-order valence-corrected chi connectivity index (χ0v) is 12.3. The lowest BCUT2D eigenvalue weighted by atomic mass is 10.0. The summed E-state index contributed by atoms with van der Waals surface area (Å²) in [5.41, 5.74) is 6.71. The zero-order valence-electron chi connectivity index (χ0n) is 10.7. The Morgan fingerprint density at radius 2 is 2.21 bits per heavy atom. The third-order valence-electron chi connectivity index (χ3n) is 3.39. The van der Waals surface area contributed by atoms with Gasteiger partial charge in [-0.15, -0.1) is 11.3 Å². The van der Waals surface area contributed by atoms with E-state index in [2.05, 4.69) is 10.1 Å². The minimum atomic E-state index is 0.540. The Hall–Kier alpha value is -1.01. The second kappa shape index (κ2) is 5.96. The third kappa shape index (κ3) is 3.12. The molecule has 1 aliphatic carbocycles. The van der Waals surface area contributed by atoms with E-state index in [1.54, 1.807) is 0 Å². The fourth-order valence-corrected chi connectivity index (χ4v) is 4.15. The molecule has 0 radical (unpaired) electrons. The van der Waals surface area contributed by atoms with Crippen LogP contribution >= 0.6 is 23.1 Å². The van der Waals surface area contributed by atoms with Gasteiger partial charge in [0.15, 0.2) is 5.82 Å². The van der Waals surface area contributed by atoms with Crippen molar-refractivity contribution in [2.45, 2.75) is 43.1 Å². The van der Waals surface area contributed by atoms with E-state index >= 15 is 0 Å². The van der Waals surface area contributed by atoms with Gasteiger partial charge >= 0.3 is 0 Å². The molecule has 2 aromatic rings. The van der Waals surface area contributed by atoms with Crippen molar-refractivity contribution in [1.29, 1.82) is 0 Å². The van der Waals surface area contributed by atoms with Crippen molar-refractivity contribution in [3.8, 4) is 11.5 Å². The van der Waals surface area contributed by atoms with Gasteiger partial charge in [-0.3, -0.25) is 0 Å². The van der Waals surface area contributed by atoms with Crippen molar-refractivity contribution >= 4 is 28.1 Å². The molecule has 19 heavy (non-hydrogen) atoms. The molecule has 0 aromatic carbocycles. The van der Waals surface area contributed by atoms with Gasteiger partial charge in [0.25, 0.3) is 5.89 Å². The summed E-state index contributed by atoms with van der Waals surface area (Å²) < 4.78 is 5.28. The van der Waals surface area contributed by atoms with Gasteiger partial charge in [0.1, 0.15) is 0 Å². The summed E-state index contributed by atoms with van der Waals surface area (Å²) >= 11 is 3.44. The predicted molar refractivity (Wildman–Crippen MR) is 80.2 cm³/mol. The first kappa shape index (κ1) is 13.0. The van der Waals surface area contributed by atoms with Gasteiger partial charge in [0, 0.05) is 5.25 Å². The number of anilines is 1. The summed E-state index contributed by atoms with van der Waals surface area (Å²) in [6, 6.07) is 1.92. The van der Waals surface area contributed by atoms with E-state index < -0.39 is 0 Å². The molecule has 0 spiro atoms. The van der Waals surface area contributed by atoms with E-state index in [0.29, 0.717) is 5.89 Å². The third-order valence-corrected chi connectivity index (χ3v) is 5.51. The van der Waals surface area contributed by atoms with Crippen LogP contribution in [0.1, 0.15) is 37.9 Å². The van der Waals surface area contributed by atoms with Gasteiger partial charge in [-0.05, 0) is 24.3 Å². The standard InChI is InChI=1S/C13H17N3OS2/c14-12-10(6-7-18-12)13-15-11(16-17-13)8-19-9-4-2-1-3-5-9/h6-7,9H,1-5,8,14H2. The highest BCUT2D eigenvalue weighted by Gasteiger charge is 2.16. The molecule has 1 saturated carbocycles. The lowest BCUT2D eigenvalue weighted by Crippen LogP contribution is -2.08. The quantitative estimate of drug-likeness (QED) is 0.925. The maximum absolute atomic E-state index is 5.86. The number of nitrogen functional groups attached to an aromatic ring is 1. The lowest BCUT2D eigenvalue weighted by molar-refractivity contribution is 0.425. The predicted octanol–water partition coefficient (Wildman–Crippen LogP) is 3.95. The number of nitrogens with two attached hydrogens (primary N) is 1. The number of hydrogen-bond donors (Lipinski definition) is 1. The van der Waals surface area contributed by atoms with E-state index in [-0.39, 0.29) is 0 Å². The SMILES string of the molecule is Nc1sccc1-c1nc(CSC2CCCCC2)no1. The molecule has 0 atom stereocenters. The number of rotatable bonds is 4. The van der Waals surface area contributed by atoms with Crippen LogP contribution in [0.5, 0.6) is 0 Å². The van der Waals surface area contributed by atoms with Crippen LogP contribution in [0, 0.1) is 0 Å². The van der Waals surface area contributed by atoms with Gasteiger partial charge in [-0.1, -0.05) is 24.4 Å². The molecule has 3 rings (SSSR count). The van der Waals surface area contributed by atoms with Gasteiger partial charge in [-0.2, -0.15) is 16.7 Å². The number of nitrogens with zero attached hydrogens (tertiary/aromatic N) is 2. The summed E-state index contributed by atoms with van der Waals surface area (Å²) in [6.45, 7) is 0. The summed E-state index contributed by atoms with van der Waals surface area (Å²) in [5.74, 6) is 2.15. The summed E-state index contributed by atoms with van der Waals surface area (Å²) in [5, 5.41) is 7.47. The van der Waals surface area contributed by atoms with Crippen molar-refractivity contribution in [3.05, 3.63) is 17.3 Å². The number of thioether (sulfide) groups is 1. The maximum atomic E-state index is 5.86. The Bertz CT molecular complexity index is 531. The van der Waals surface area contributed by atoms with Crippen molar-refractivity contribution < 1.29 is 4.52 Å². The van der Waals surface area contributed by atoms with Gasteiger partial charge < -0.3 is 10.3 Å². The Morgan fingerprint density at radius 1 is 1.37 bits per heavy atom. The van der Waals surface area contributed by atoms with Gasteiger partial charge in [0.05, 0.1) is 16.3 Å². The molecule has 1 fully saturated rings. The van der Waals surface area contributed by atoms with Gasteiger partial charge in [-0.25, -0.2) is 0 Å². The second-order valence-electron chi connectivity index (χ2n) is 4.79. The Balaban J connectivity index is 1.60. The van der Waals surface area contributed by atoms with E-state index in [0.717, 1.165) is 27.4 Å². The Labute approximate surface area is 120 Å².